The van der Waals surface area contributed by atoms with E-state index >= 15 is 0 Å². The summed E-state index contributed by atoms with van der Waals surface area (Å²) in [5.41, 5.74) is 1.79. The second-order valence-electron chi connectivity index (χ2n) is 3.50. The van der Waals surface area contributed by atoms with Crippen LogP contribution >= 0.6 is 22.9 Å². The first kappa shape index (κ1) is 12.8. The molecule has 0 amide bonds. The van der Waals surface area contributed by atoms with E-state index in [2.05, 4.69) is 0 Å². The third-order valence-electron chi connectivity index (χ3n) is 2.47. The molecular formula is C13H9ClO3S. The van der Waals surface area contributed by atoms with Crippen molar-refractivity contribution >= 4 is 35.2 Å². The Morgan fingerprint density at radius 3 is 2.78 bits per heavy atom. The first-order chi connectivity index (χ1) is 8.67. The molecule has 0 fully saturated rings. The highest BCUT2D eigenvalue weighted by atomic mass is 35.5. The maximum absolute atomic E-state index is 11.6. The summed E-state index contributed by atoms with van der Waals surface area (Å²) in [4.78, 5) is 23.1. The van der Waals surface area contributed by atoms with Crippen molar-refractivity contribution in [2.45, 2.75) is 0 Å². The van der Waals surface area contributed by atoms with Crippen LogP contribution in [0.25, 0.3) is 11.1 Å². The second-order valence-corrected chi connectivity index (χ2v) is 4.86. The summed E-state index contributed by atoms with van der Waals surface area (Å²) in [6.07, 6.45) is 0.740. The average molecular weight is 281 g/mol. The van der Waals surface area contributed by atoms with Crippen LogP contribution in [0.5, 0.6) is 0 Å². The highest BCUT2D eigenvalue weighted by molar-refractivity contribution is 7.12. The van der Waals surface area contributed by atoms with Crippen LogP contribution in [-0.4, -0.2) is 19.4 Å². The second kappa shape index (κ2) is 5.33. The first-order valence-corrected chi connectivity index (χ1v) is 6.34. The van der Waals surface area contributed by atoms with Crippen molar-refractivity contribution < 1.29 is 14.3 Å². The number of carbonyl (C=O) groups excluding carboxylic acids is 2. The summed E-state index contributed by atoms with van der Waals surface area (Å²) < 4.78 is 4.71. The number of esters is 1. The smallest absolute Gasteiger partial charge is 0.348 e. The molecule has 0 bridgehead atoms. The van der Waals surface area contributed by atoms with Gasteiger partial charge in [0.1, 0.15) is 4.88 Å². The van der Waals surface area contributed by atoms with Gasteiger partial charge in [-0.3, -0.25) is 4.79 Å². The molecule has 3 nitrogen and oxygen atoms in total. The lowest BCUT2D eigenvalue weighted by Crippen LogP contribution is -2.00. The van der Waals surface area contributed by atoms with E-state index in [0.717, 1.165) is 6.29 Å². The van der Waals surface area contributed by atoms with Gasteiger partial charge in [0.05, 0.1) is 7.11 Å². The van der Waals surface area contributed by atoms with E-state index in [1.807, 2.05) is 0 Å². The van der Waals surface area contributed by atoms with Crippen LogP contribution in [0.15, 0.2) is 29.6 Å². The molecule has 18 heavy (non-hydrogen) atoms. The van der Waals surface area contributed by atoms with Gasteiger partial charge in [-0.25, -0.2) is 4.79 Å². The van der Waals surface area contributed by atoms with Crippen LogP contribution in [0.2, 0.25) is 5.02 Å². The van der Waals surface area contributed by atoms with Gasteiger partial charge in [-0.2, -0.15) is 0 Å². The summed E-state index contributed by atoms with van der Waals surface area (Å²) in [6, 6.07) is 6.71. The number of halogens is 1. The highest BCUT2D eigenvalue weighted by Gasteiger charge is 2.17. The standard InChI is InChI=1S/C13H9ClO3S/c1-17-13(16)12-10(4-5-18-12)11-6-9(14)3-2-8(11)7-15/h2-7H,1H3. The van der Waals surface area contributed by atoms with Gasteiger partial charge in [0.25, 0.3) is 0 Å². The molecule has 0 aliphatic heterocycles. The monoisotopic (exact) mass is 280 g/mol. The predicted molar refractivity (Wildman–Crippen MR) is 71.5 cm³/mol. The van der Waals surface area contributed by atoms with Crippen molar-refractivity contribution in [2.24, 2.45) is 0 Å². The fraction of sp³-hybridized carbons (Fsp3) is 0.0769. The normalized spacial score (nSPS) is 10.1. The van der Waals surface area contributed by atoms with Gasteiger partial charge in [0.15, 0.2) is 6.29 Å². The van der Waals surface area contributed by atoms with E-state index in [0.29, 0.717) is 26.6 Å². The molecule has 2 aromatic rings. The van der Waals surface area contributed by atoms with Crippen LogP contribution in [0.3, 0.4) is 0 Å². The van der Waals surface area contributed by atoms with E-state index in [1.165, 1.54) is 18.4 Å². The molecule has 1 heterocycles. The van der Waals surface area contributed by atoms with Crippen LogP contribution in [0.4, 0.5) is 0 Å². The highest BCUT2D eigenvalue weighted by Crippen LogP contribution is 2.32. The van der Waals surface area contributed by atoms with E-state index < -0.39 is 5.97 Å². The molecule has 2 rings (SSSR count). The molecule has 0 atom stereocenters. The van der Waals surface area contributed by atoms with E-state index in [-0.39, 0.29) is 0 Å². The topological polar surface area (TPSA) is 43.4 Å². The van der Waals surface area contributed by atoms with E-state index in [4.69, 9.17) is 16.3 Å². The molecule has 0 unspecified atom stereocenters. The number of rotatable bonds is 3. The fourth-order valence-corrected chi connectivity index (χ4v) is 2.63. The fourth-order valence-electron chi connectivity index (χ4n) is 1.64. The Hall–Kier alpha value is -1.65. The van der Waals surface area contributed by atoms with E-state index in [9.17, 15) is 9.59 Å². The maximum Gasteiger partial charge on any atom is 0.348 e. The van der Waals surface area contributed by atoms with E-state index in [1.54, 1.807) is 29.6 Å². The van der Waals surface area contributed by atoms with Gasteiger partial charge in [-0.05, 0) is 35.2 Å². The van der Waals surface area contributed by atoms with Crippen LogP contribution in [0, 0.1) is 0 Å². The molecule has 0 saturated heterocycles. The Morgan fingerprint density at radius 2 is 2.11 bits per heavy atom. The number of methoxy groups -OCH3 is 1. The molecule has 5 heteroatoms. The van der Waals surface area contributed by atoms with Crippen LogP contribution < -0.4 is 0 Å². The lowest BCUT2D eigenvalue weighted by Gasteiger charge is -2.06. The largest absolute Gasteiger partial charge is 0.465 e. The SMILES string of the molecule is COC(=O)c1sccc1-c1cc(Cl)ccc1C=O. The Morgan fingerprint density at radius 1 is 1.33 bits per heavy atom. The summed E-state index contributed by atoms with van der Waals surface area (Å²) >= 11 is 7.20. The number of aldehydes is 1. The molecule has 1 aromatic carbocycles. The van der Waals surface area contributed by atoms with Crippen molar-refractivity contribution in [1.82, 2.24) is 0 Å². The molecule has 0 spiro atoms. The number of hydrogen-bond acceptors (Lipinski definition) is 4. The Bertz CT molecular complexity index is 604. The Balaban J connectivity index is 2.62. The number of benzene rings is 1. The minimum absolute atomic E-state index is 0.420. The lowest BCUT2D eigenvalue weighted by atomic mass is 10.0. The van der Waals surface area contributed by atoms with Gasteiger partial charge >= 0.3 is 5.97 Å². The third-order valence-corrected chi connectivity index (χ3v) is 3.60. The predicted octanol–water partition coefficient (Wildman–Crippen LogP) is 3.67. The van der Waals surface area contributed by atoms with Gasteiger partial charge in [-0.15, -0.1) is 11.3 Å². The Kier molecular flexibility index (Phi) is 3.79. The molecule has 1 aromatic heterocycles. The van der Waals surface area contributed by atoms with Crippen molar-refractivity contribution in [2.75, 3.05) is 7.11 Å². The summed E-state index contributed by atoms with van der Waals surface area (Å²) in [5.74, 6) is -0.420. The molecule has 0 aliphatic carbocycles. The van der Waals surface area contributed by atoms with Gasteiger partial charge in [0.2, 0.25) is 0 Å². The van der Waals surface area contributed by atoms with Crippen molar-refractivity contribution in [1.29, 1.82) is 0 Å². The average Bonchev–Trinajstić information content (AvgIpc) is 2.86. The molecule has 0 radical (unpaired) electrons. The van der Waals surface area contributed by atoms with Crippen molar-refractivity contribution in [3.8, 4) is 11.1 Å². The lowest BCUT2D eigenvalue weighted by molar-refractivity contribution is 0.0607. The summed E-state index contributed by atoms with van der Waals surface area (Å²) in [6.45, 7) is 0. The minimum Gasteiger partial charge on any atom is -0.465 e. The van der Waals surface area contributed by atoms with Crippen LogP contribution in [0.1, 0.15) is 20.0 Å². The van der Waals surface area contributed by atoms with Gasteiger partial charge < -0.3 is 4.74 Å². The zero-order chi connectivity index (χ0) is 13.1. The van der Waals surface area contributed by atoms with Gasteiger partial charge in [0, 0.05) is 16.1 Å². The molecule has 0 aliphatic rings. The molecule has 0 saturated carbocycles. The maximum atomic E-state index is 11.6. The van der Waals surface area contributed by atoms with Crippen LogP contribution in [-0.2, 0) is 4.74 Å². The number of thiophene rings is 1. The zero-order valence-electron chi connectivity index (χ0n) is 9.48. The third kappa shape index (κ3) is 2.30. The zero-order valence-corrected chi connectivity index (χ0v) is 11.0. The number of carbonyl (C=O) groups is 2. The molecular weight excluding hydrogens is 272 g/mol. The van der Waals surface area contributed by atoms with Crippen molar-refractivity contribution in [3.05, 3.63) is 45.1 Å². The quantitative estimate of drug-likeness (QED) is 0.636. The number of hydrogen-bond donors (Lipinski definition) is 0. The summed E-state index contributed by atoms with van der Waals surface area (Å²) in [7, 11) is 1.32. The minimum atomic E-state index is -0.420. The summed E-state index contributed by atoms with van der Waals surface area (Å²) in [5, 5.41) is 2.29. The number of ether oxygens (including phenoxy) is 1. The molecule has 92 valence electrons. The van der Waals surface area contributed by atoms with Crippen molar-refractivity contribution in [3.63, 3.8) is 0 Å². The molecule has 0 N–H and O–H groups in total. The van der Waals surface area contributed by atoms with Gasteiger partial charge in [-0.1, -0.05) is 11.6 Å². The Labute approximate surface area is 113 Å². The first-order valence-electron chi connectivity index (χ1n) is 5.08.